The normalized spacial score (nSPS) is 12.8. The number of carbonyl (C=O) groups excluding carboxylic acids is 1. The fraction of sp³-hybridized carbons (Fsp3) is 0.190. The molecule has 6 nitrogen and oxygen atoms in total. The summed E-state index contributed by atoms with van der Waals surface area (Å²) in [5.41, 5.74) is -0.353. The molecule has 0 unspecified atom stereocenters. The first-order chi connectivity index (χ1) is 15.9. The number of nitrogens with zero attached hydrogens (tertiary/aromatic N) is 2. The summed E-state index contributed by atoms with van der Waals surface area (Å²) in [5, 5.41) is 10.6. The third kappa shape index (κ3) is 6.41. The lowest BCUT2D eigenvalue weighted by Gasteiger charge is -2.19. The minimum atomic E-state index is -4.94. The summed E-state index contributed by atoms with van der Waals surface area (Å²) in [4.78, 5) is 20.5. The molecule has 0 spiro atoms. The molecule has 2 N–H and O–H groups in total. The number of carbonyl (C=O) groups is 1. The SMILES string of the molecule is O=C(N[C@H](CO)C(F)(F)F)c1cc(-c2ccc(OC(F)(F)F)cc2)nc(-c2cccc(F)c2)n1. The monoisotopic (exact) mass is 489 g/mol. The maximum Gasteiger partial charge on any atom is 0.573 e. The van der Waals surface area contributed by atoms with Gasteiger partial charge in [0.1, 0.15) is 23.3 Å². The Morgan fingerprint density at radius 1 is 0.971 bits per heavy atom. The van der Waals surface area contributed by atoms with E-state index in [4.69, 9.17) is 5.11 Å². The van der Waals surface area contributed by atoms with E-state index in [-0.39, 0.29) is 22.6 Å². The molecule has 0 aliphatic carbocycles. The number of aliphatic hydroxyl groups excluding tert-OH is 1. The predicted octanol–water partition coefficient (Wildman–Crippen LogP) is 4.50. The Bertz CT molecular complexity index is 1170. The summed E-state index contributed by atoms with van der Waals surface area (Å²) < 4.78 is 93.4. The van der Waals surface area contributed by atoms with Crippen LogP contribution in [0.2, 0.25) is 0 Å². The zero-order valence-electron chi connectivity index (χ0n) is 16.8. The van der Waals surface area contributed by atoms with E-state index in [1.54, 1.807) is 5.32 Å². The van der Waals surface area contributed by atoms with Crippen LogP contribution < -0.4 is 10.1 Å². The van der Waals surface area contributed by atoms with Crippen molar-refractivity contribution in [2.75, 3.05) is 6.61 Å². The van der Waals surface area contributed by atoms with E-state index in [1.165, 1.54) is 24.3 Å². The third-order valence-corrected chi connectivity index (χ3v) is 4.31. The maximum atomic E-state index is 13.7. The highest BCUT2D eigenvalue weighted by Gasteiger charge is 2.40. The summed E-state index contributed by atoms with van der Waals surface area (Å²) in [5.74, 6) is -2.76. The molecule has 34 heavy (non-hydrogen) atoms. The second-order valence-electron chi connectivity index (χ2n) is 6.79. The lowest BCUT2D eigenvalue weighted by molar-refractivity contribution is -0.274. The minimum Gasteiger partial charge on any atom is -0.406 e. The van der Waals surface area contributed by atoms with Gasteiger partial charge < -0.3 is 15.2 Å². The number of benzene rings is 2. The van der Waals surface area contributed by atoms with Gasteiger partial charge in [-0.3, -0.25) is 4.79 Å². The van der Waals surface area contributed by atoms with Crippen molar-refractivity contribution in [2.24, 2.45) is 0 Å². The zero-order valence-corrected chi connectivity index (χ0v) is 16.8. The molecule has 0 aliphatic rings. The van der Waals surface area contributed by atoms with Crippen LogP contribution in [-0.2, 0) is 0 Å². The van der Waals surface area contributed by atoms with E-state index >= 15 is 0 Å². The van der Waals surface area contributed by atoms with E-state index in [1.807, 2.05) is 0 Å². The minimum absolute atomic E-state index is 0.0504. The molecule has 1 heterocycles. The van der Waals surface area contributed by atoms with Crippen molar-refractivity contribution in [1.82, 2.24) is 15.3 Å². The lowest BCUT2D eigenvalue weighted by Crippen LogP contribution is -2.48. The molecule has 180 valence electrons. The van der Waals surface area contributed by atoms with Gasteiger partial charge in [0.2, 0.25) is 0 Å². The molecule has 13 heteroatoms. The lowest BCUT2D eigenvalue weighted by atomic mass is 10.1. The molecule has 0 radical (unpaired) electrons. The van der Waals surface area contributed by atoms with Gasteiger partial charge in [0.05, 0.1) is 12.3 Å². The number of amides is 1. The Morgan fingerprint density at radius 3 is 2.21 bits per heavy atom. The quantitative estimate of drug-likeness (QED) is 0.499. The summed E-state index contributed by atoms with van der Waals surface area (Å²) in [6.45, 7) is -1.43. The molecule has 0 bridgehead atoms. The number of halogens is 7. The van der Waals surface area contributed by atoms with Crippen LogP contribution in [0.5, 0.6) is 5.75 Å². The molecule has 3 aromatic rings. The smallest absolute Gasteiger partial charge is 0.406 e. The standard InChI is InChI=1S/C21H14F7N3O3/c22-13-3-1-2-12(8-13)18-29-15(11-4-6-14(7-5-11)34-21(26,27)28)9-16(30-18)19(33)31-17(10-32)20(23,24)25/h1-9,17,32H,10H2,(H,31,33)/t17-/m1/s1. The number of hydrogen-bond donors (Lipinski definition) is 2. The van der Waals surface area contributed by atoms with Crippen LogP contribution in [0.3, 0.4) is 0 Å². The highest BCUT2D eigenvalue weighted by molar-refractivity contribution is 5.94. The van der Waals surface area contributed by atoms with Crippen molar-refractivity contribution in [3.8, 4) is 28.4 Å². The Kier molecular flexibility index (Phi) is 7.05. The van der Waals surface area contributed by atoms with Gasteiger partial charge in [-0.25, -0.2) is 14.4 Å². The predicted molar refractivity (Wildman–Crippen MR) is 104 cm³/mol. The topological polar surface area (TPSA) is 84.3 Å². The van der Waals surface area contributed by atoms with Crippen LogP contribution >= 0.6 is 0 Å². The van der Waals surface area contributed by atoms with Gasteiger partial charge in [0, 0.05) is 11.1 Å². The highest BCUT2D eigenvalue weighted by Crippen LogP contribution is 2.28. The number of aromatic nitrogens is 2. The van der Waals surface area contributed by atoms with Gasteiger partial charge in [0.25, 0.3) is 5.91 Å². The average Bonchev–Trinajstić information content (AvgIpc) is 2.75. The Morgan fingerprint density at radius 2 is 1.65 bits per heavy atom. The summed E-state index contributed by atoms with van der Waals surface area (Å²) in [6, 6.07) is 7.56. The summed E-state index contributed by atoms with van der Waals surface area (Å²) >= 11 is 0. The number of aliphatic hydroxyl groups is 1. The maximum absolute atomic E-state index is 13.7. The molecule has 1 amide bonds. The van der Waals surface area contributed by atoms with Crippen molar-refractivity contribution in [1.29, 1.82) is 0 Å². The average molecular weight is 489 g/mol. The van der Waals surface area contributed by atoms with Crippen molar-refractivity contribution in [3.63, 3.8) is 0 Å². The molecule has 1 aromatic heterocycles. The Balaban J connectivity index is 2.04. The number of nitrogens with one attached hydrogen (secondary N) is 1. The van der Waals surface area contributed by atoms with Gasteiger partial charge in [-0.05, 0) is 42.5 Å². The fourth-order valence-electron chi connectivity index (χ4n) is 2.76. The number of hydrogen-bond acceptors (Lipinski definition) is 5. The van der Waals surface area contributed by atoms with E-state index in [9.17, 15) is 35.5 Å². The zero-order chi connectivity index (χ0) is 25.1. The molecule has 0 fully saturated rings. The van der Waals surface area contributed by atoms with Gasteiger partial charge in [0.15, 0.2) is 5.82 Å². The van der Waals surface area contributed by atoms with Gasteiger partial charge in [-0.15, -0.1) is 13.2 Å². The van der Waals surface area contributed by atoms with Gasteiger partial charge in [-0.1, -0.05) is 12.1 Å². The van der Waals surface area contributed by atoms with Crippen LogP contribution in [0.25, 0.3) is 22.6 Å². The first kappa shape index (κ1) is 24.9. The molecular weight excluding hydrogens is 475 g/mol. The first-order valence-corrected chi connectivity index (χ1v) is 9.35. The molecular formula is C21H14F7N3O3. The van der Waals surface area contributed by atoms with Crippen molar-refractivity contribution in [2.45, 2.75) is 18.6 Å². The van der Waals surface area contributed by atoms with E-state index in [0.717, 1.165) is 30.3 Å². The van der Waals surface area contributed by atoms with Crippen LogP contribution in [0, 0.1) is 5.82 Å². The van der Waals surface area contributed by atoms with Crippen LogP contribution in [-0.4, -0.2) is 46.2 Å². The van der Waals surface area contributed by atoms with Crippen LogP contribution in [0.4, 0.5) is 30.7 Å². The number of rotatable bonds is 6. The molecule has 1 atom stereocenters. The number of alkyl halides is 6. The largest absolute Gasteiger partial charge is 0.573 e. The molecule has 0 aliphatic heterocycles. The van der Waals surface area contributed by atoms with Crippen molar-refractivity contribution < 1.29 is 45.4 Å². The third-order valence-electron chi connectivity index (χ3n) is 4.31. The molecule has 0 saturated carbocycles. The highest BCUT2D eigenvalue weighted by atomic mass is 19.4. The van der Waals surface area contributed by atoms with E-state index in [0.29, 0.717) is 0 Å². The second-order valence-corrected chi connectivity index (χ2v) is 6.79. The summed E-state index contributed by atoms with van der Waals surface area (Å²) in [6.07, 6.45) is -9.87. The van der Waals surface area contributed by atoms with E-state index in [2.05, 4.69) is 14.7 Å². The van der Waals surface area contributed by atoms with Crippen molar-refractivity contribution in [3.05, 3.63) is 66.1 Å². The molecule has 0 saturated heterocycles. The second kappa shape index (κ2) is 9.63. The molecule has 3 rings (SSSR count). The van der Waals surface area contributed by atoms with Crippen LogP contribution in [0.1, 0.15) is 10.5 Å². The van der Waals surface area contributed by atoms with Gasteiger partial charge >= 0.3 is 12.5 Å². The van der Waals surface area contributed by atoms with Crippen LogP contribution in [0.15, 0.2) is 54.6 Å². The first-order valence-electron chi connectivity index (χ1n) is 9.35. The molecule has 2 aromatic carbocycles. The fourth-order valence-corrected chi connectivity index (χ4v) is 2.76. The Hall–Kier alpha value is -3.74. The Labute approximate surface area is 187 Å². The van der Waals surface area contributed by atoms with Gasteiger partial charge in [-0.2, -0.15) is 13.2 Å². The summed E-state index contributed by atoms with van der Waals surface area (Å²) in [7, 11) is 0. The number of ether oxygens (including phenoxy) is 1. The van der Waals surface area contributed by atoms with Crippen molar-refractivity contribution >= 4 is 5.91 Å². The van der Waals surface area contributed by atoms with E-state index < -0.39 is 48.4 Å².